The molecule has 2 aliphatic heterocycles. The summed E-state index contributed by atoms with van der Waals surface area (Å²) >= 11 is 0. The molecule has 0 spiro atoms. The van der Waals surface area contributed by atoms with Crippen molar-refractivity contribution < 1.29 is 19.0 Å². The van der Waals surface area contributed by atoms with E-state index in [1.807, 2.05) is 0 Å². The summed E-state index contributed by atoms with van der Waals surface area (Å²) in [6.07, 6.45) is 3.35. The van der Waals surface area contributed by atoms with Gasteiger partial charge in [0.05, 0.1) is 19.3 Å². The Balaban J connectivity index is 1.70. The molecule has 0 bridgehead atoms. The number of rotatable bonds is 7. The lowest BCUT2D eigenvalue weighted by Crippen LogP contribution is -2.24. The molecule has 2 aliphatic rings. The summed E-state index contributed by atoms with van der Waals surface area (Å²) in [6, 6.07) is 0. The lowest BCUT2D eigenvalue weighted by atomic mass is 10.1. The zero-order valence-corrected chi connectivity index (χ0v) is 9.61. The Labute approximate surface area is 95.6 Å². The molecule has 3 atom stereocenters. The monoisotopic (exact) mass is 226 g/mol. The number of carbonyl (C=O) groups is 1. The van der Waals surface area contributed by atoms with Crippen molar-refractivity contribution >= 4 is 5.97 Å². The second-order valence-corrected chi connectivity index (χ2v) is 4.48. The van der Waals surface area contributed by atoms with Crippen LogP contribution in [0, 0.1) is 0 Å². The number of epoxide rings is 2. The van der Waals surface area contributed by atoms with E-state index < -0.39 is 0 Å². The van der Waals surface area contributed by atoms with Crippen LogP contribution in [-0.2, 0) is 19.0 Å². The molecule has 2 fully saturated rings. The fraction of sp³-hybridized carbons (Fsp3) is 0.750. The summed E-state index contributed by atoms with van der Waals surface area (Å²) < 4.78 is 15.7. The van der Waals surface area contributed by atoms with E-state index in [1.165, 1.54) is 0 Å². The standard InChI is InChI=1S/C12H18O4/c1-8(2)12(13)16-10(11-7-15-11)5-3-4-9-6-14-9/h9-11H,1,3-7H2,2H3. The van der Waals surface area contributed by atoms with Crippen LogP contribution >= 0.6 is 0 Å². The van der Waals surface area contributed by atoms with Crippen LogP contribution < -0.4 is 0 Å². The third kappa shape index (κ3) is 3.61. The van der Waals surface area contributed by atoms with E-state index in [1.54, 1.807) is 6.92 Å². The van der Waals surface area contributed by atoms with E-state index in [2.05, 4.69) is 6.58 Å². The van der Waals surface area contributed by atoms with Gasteiger partial charge in [0.2, 0.25) is 0 Å². The second kappa shape index (κ2) is 4.97. The van der Waals surface area contributed by atoms with Crippen LogP contribution in [-0.4, -0.2) is 37.5 Å². The maximum absolute atomic E-state index is 11.4. The molecule has 0 aromatic heterocycles. The molecule has 90 valence electrons. The van der Waals surface area contributed by atoms with Gasteiger partial charge in [-0.1, -0.05) is 6.58 Å². The number of hydrogen-bond donors (Lipinski definition) is 0. The van der Waals surface area contributed by atoms with Crippen LogP contribution in [0.25, 0.3) is 0 Å². The van der Waals surface area contributed by atoms with Crippen molar-refractivity contribution in [3.8, 4) is 0 Å². The molecule has 0 aromatic carbocycles. The molecular formula is C12H18O4. The van der Waals surface area contributed by atoms with Crippen molar-refractivity contribution in [2.45, 2.75) is 44.5 Å². The fourth-order valence-electron chi connectivity index (χ4n) is 1.61. The predicted molar refractivity (Wildman–Crippen MR) is 58.0 cm³/mol. The molecule has 3 unspecified atom stereocenters. The Hall–Kier alpha value is -0.870. The van der Waals surface area contributed by atoms with E-state index >= 15 is 0 Å². The average molecular weight is 226 g/mol. The van der Waals surface area contributed by atoms with Gasteiger partial charge in [-0.25, -0.2) is 4.79 Å². The molecule has 4 nitrogen and oxygen atoms in total. The summed E-state index contributed by atoms with van der Waals surface area (Å²) in [4.78, 5) is 11.4. The zero-order chi connectivity index (χ0) is 11.5. The van der Waals surface area contributed by atoms with Gasteiger partial charge >= 0.3 is 5.97 Å². The fourth-order valence-corrected chi connectivity index (χ4v) is 1.61. The highest BCUT2D eigenvalue weighted by atomic mass is 16.6. The maximum Gasteiger partial charge on any atom is 0.333 e. The van der Waals surface area contributed by atoms with Crippen molar-refractivity contribution in [3.63, 3.8) is 0 Å². The summed E-state index contributed by atoms with van der Waals surface area (Å²) in [5.74, 6) is -0.317. The Kier molecular flexibility index (Phi) is 3.61. The first kappa shape index (κ1) is 11.6. The van der Waals surface area contributed by atoms with E-state index in [-0.39, 0.29) is 18.2 Å². The number of ether oxygens (including phenoxy) is 3. The highest BCUT2D eigenvalue weighted by Gasteiger charge is 2.35. The van der Waals surface area contributed by atoms with E-state index in [9.17, 15) is 4.79 Å². The van der Waals surface area contributed by atoms with Crippen LogP contribution in [0.1, 0.15) is 26.2 Å². The molecule has 2 rings (SSSR count). The van der Waals surface area contributed by atoms with E-state index in [4.69, 9.17) is 14.2 Å². The van der Waals surface area contributed by atoms with Gasteiger partial charge in [-0.05, 0) is 26.2 Å². The minimum absolute atomic E-state index is 0.100. The smallest absolute Gasteiger partial charge is 0.333 e. The Morgan fingerprint density at radius 1 is 1.50 bits per heavy atom. The van der Waals surface area contributed by atoms with Crippen LogP contribution in [0.2, 0.25) is 0 Å². The van der Waals surface area contributed by atoms with Gasteiger partial charge in [0.25, 0.3) is 0 Å². The highest BCUT2D eigenvalue weighted by molar-refractivity contribution is 5.87. The van der Waals surface area contributed by atoms with E-state index in [0.29, 0.717) is 18.3 Å². The van der Waals surface area contributed by atoms with Gasteiger partial charge in [-0.15, -0.1) is 0 Å². The highest BCUT2D eigenvalue weighted by Crippen LogP contribution is 2.24. The first-order valence-electron chi connectivity index (χ1n) is 5.76. The van der Waals surface area contributed by atoms with Gasteiger partial charge in [0.15, 0.2) is 0 Å². The number of carbonyl (C=O) groups excluding carboxylic acids is 1. The molecule has 16 heavy (non-hydrogen) atoms. The Morgan fingerprint density at radius 3 is 2.69 bits per heavy atom. The second-order valence-electron chi connectivity index (χ2n) is 4.48. The maximum atomic E-state index is 11.4. The van der Waals surface area contributed by atoms with Gasteiger partial charge in [0.1, 0.15) is 12.2 Å². The molecule has 0 aliphatic carbocycles. The molecular weight excluding hydrogens is 208 g/mol. The Bertz CT molecular complexity index is 279. The quantitative estimate of drug-likeness (QED) is 0.374. The first-order valence-corrected chi connectivity index (χ1v) is 5.76. The predicted octanol–water partition coefficient (Wildman–Crippen LogP) is 1.44. The summed E-state index contributed by atoms with van der Waals surface area (Å²) in [7, 11) is 0. The molecule has 0 saturated carbocycles. The zero-order valence-electron chi connectivity index (χ0n) is 9.61. The minimum Gasteiger partial charge on any atom is -0.456 e. The summed E-state index contributed by atoms with van der Waals surface area (Å²) in [6.45, 7) is 6.82. The molecule has 0 aromatic rings. The molecule has 0 amide bonds. The number of hydrogen-bond acceptors (Lipinski definition) is 4. The number of esters is 1. The van der Waals surface area contributed by atoms with Crippen LogP contribution in [0.15, 0.2) is 12.2 Å². The van der Waals surface area contributed by atoms with Gasteiger partial charge < -0.3 is 14.2 Å². The minimum atomic E-state index is -0.317. The lowest BCUT2D eigenvalue weighted by molar-refractivity contribution is -0.145. The third-order valence-corrected chi connectivity index (χ3v) is 2.80. The SMILES string of the molecule is C=C(C)C(=O)OC(CCCC1CO1)C1CO1. The van der Waals surface area contributed by atoms with Gasteiger partial charge in [0, 0.05) is 5.57 Å². The summed E-state index contributed by atoms with van der Waals surface area (Å²) in [5.41, 5.74) is 0.441. The molecule has 0 radical (unpaired) electrons. The molecule has 2 heterocycles. The normalized spacial score (nSPS) is 28.3. The first-order chi connectivity index (χ1) is 7.66. The van der Waals surface area contributed by atoms with Crippen molar-refractivity contribution in [2.24, 2.45) is 0 Å². The van der Waals surface area contributed by atoms with Crippen LogP contribution in [0.5, 0.6) is 0 Å². The largest absolute Gasteiger partial charge is 0.456 e. The van der Waals surface area contributed by atoms with Gasteiger partial charge in [-0.3, -0.25) is 0 Å². The molecule has 0 N–H and O–H groups in total. The summed E-state index contributed by atoms with van der Waals surface area (Å²) in [5, 5.41) is 0. The van der Waals surface area contributed by atoms with Crippen LogP contribution in [0.4, 0.5) is 0 Å². The average Bonchev–Trinajstić information content (AvgIpc) is 3.09. The topological polar surface area (TPSA) is 51.4 Å². The molecule has 4 heteroatoms. The van der Waals surface area contributed by atoms with Crippen molar-refractivity contribution in [2.75, 3.05) is 13.2 Å². The van der Waals surface area contributed by atoms with Crippen molar-refractivity contribution in [1.82, 2.24) is 0 Å². The van der Waals surface area contributed by atoms with Crippen molar-refractivity contribution in [3.05, 3.63) is 12.2 Å². The van der Waals surface area contributed by atoms with Gasteiger partial charge in [-0.2, -0.15) is 0 Å². The van der Waals surface area contributed by atoms with Crippen molar-refractivity contribution in [1.29, 1.82) is 0 Å². The van der Waals surface area contributed by atoms with Crippen LogP contribution in [0.3, 0.4) is 0 Å². The molecule has 2 saturated heterocycles. The lowest BCUT2D eigenvalue weighted by Gasteiger charge is -2.15. The van der Waals surface area contributed by atoms with E-state index in [0.717, 1.165) is 25.9 Å². The Morgan fingerprint density at radius 2 is 2.19 bits per heavy atom. The third-order valence-electron chi connectivity index (χ3n) is 2.80.